The molecule has 0 heterocycles. The van der Waals surface area contributed by atoms with E-state index in [1.54, 1.807) is 42.5 Å². The standard InChI is InChI=1S/C29H34BrN3O4S/c1-4-19-31-29(35)27(5-2)32(20-23-12-10-9-11-22(23)3)28(34)21-33(25-17-15-24(30)16-18-25)38(36,37)26-13-7-6-8-14-26/h6-18,27H,4-5,19-21H2,1-3H3,(H,31,35)/t27-/m0/s1. The Morgan fingerprint density at radius 1 is 0.921 bits per heavy atom. The van der Waals surface area contributed by atoms with Crippen LogP contribution in [0.4, 0.5) is 5.69 Å². The molecule has 0 fully saturated rings. The summed E-state index contributed by atoms with van der Waals surface area (Å²) < 4.78 is 29.4. The topological polar surface area (TPSA) is 86.8 Å². The predicted molar refractivity (Wildman–Crippen MR) is 154 cm³/mol. The second-order valence-corrected chi connectivity index (χ2v) is 11.7. The van der Waals surface area contributed by atoms with E-state index in [-0.39, 0.29) is 17.3 Å². The van der Waals surface area contributed by atoms with Gasteiger partial charge in [0.2, 0.25) is 11.8 Å². The summed E-state index contributed by atoms with van der Waals surface area (Å²) in [5.41, 5.74) is 2.23. The number of nitrogens with zero attached hydrogens (tertiary/aromatic N) is 2. The third-order valence-electron chi connectivity index (χ3n) is 6.26. The van der Waals surface area contributed by atoms with E-state index in [0.29, 0.717) is 18.7 Å². The Kier molecular flexibility index (Phi) is 10.5. The number of hydrogen-bond donors (Lipinski definition) is 1. The molecule has 0 saturated carbocycles. The lowest BCUT2D eigenvalue weighted by atomic mass is 10.1. The molecule has 2 amide bonds. The molecule has 202 valence electrons. The molecule has 0 aliphatic rings. The van der Waals surface area contributed by atoms with E-state index in [0.717, 1.165) is 26.3 Å². The van der Waals surface area contributed by atoms with Gasteiger partial charge < -0.3 is 10.2 Å². The highest BCUT2D eigenvalue weighted by molar-refractivity contribution is 9.10. The number of halogens is 1. The van der Waals surface area contributed by atoms with Gasteiger partial charge in [-0.05, 0) is 67.3 Å². The maximum atomic E-state index is 14.0. The number of nitrogens with one attached hydrogen (secondary N) is 1. The highest BCUT2D eigenvalue weighted by atomic mass is 79.9. The molecule has 3 aromatic carbocycles. The summed E-state index contributed by atoms with van der Waals surface area (Å²) >= 11 is 3.39. The number of aryl methyl sites for hydroxylation is 1. The molecule has 0 unspecified atom stereocenters. The molecule has 9 heteroatoms. The van der Waals surface area contributed by atoms with Crippen molar-refractivity contribution >= 4 is 43.5 Å². The van der Waals surface area contributed by atoms with E-state index in [4.69, 9.17) is 0 Å². The number of amides is 2. The minimum atomic E-state index is -4.07. The van der Waals surface area contributed by atoms with Gasteiger partial charge in [0, 0.05) is 17.6 Å². The Morgan fingerprint density at radius 2 is 1.55 bits per heavy atom. The first-order valence-electron chi connectivity index (χ1n) is 12.6. The van der Waals surface area contributed by atoms with Crippen molar-refractivity contribution in [2.75, 3.05) is 17.4 Å². The Balaban J connectivity index is 2.04. The van der Waals surface area contributed by atoms with Crippen molar-refractivity contribution in [3.8, 4) is 0 Å². The summed E-state index contributed by atoms with van der Waals surface area (Å²) in [5.74, 6) is -0.716. The highest BCUT2D eigenvalue weighted by Gasteiger charge is 2.33. The fraction of sp³-hybridized carbons (Fsp3) is 0.310. The van der Waals surface area contributed by atoms with Crippen molar-refractivity contribution < 1.29 is 18.0 Å². The zero-order valence-electron chi connectivity index (χ0n) is 21.9. The molecule has 0 spiro atoms. The van der Waals surface area contributed by atoms with Gasteiger partial charge in [-0.15, -0.1) is 0 Å². The van der Waals surface area contributed by atoms with E-state index >= 15 is 0 Å². The predicted octanol–water partition coefficient (Wildman–Crippen LogP) is 5.29. The largest absolute Gasteiger partial charge is 0.354 e. The number of hydrogen-bond acceptors (Lipinski definition) is 4. The van der Waals surface area contributed by atoms with Gasteiger partial charge in [0.25, 0.3) is 10.0 Å². The first kappa shape index (κ1) is 29.4. The van der Waals surface area contributed by atoms with Gasteiger partial charge in [-0.2, -0.15) is 0 Å². The van der Waals surface area contributed by atoms with E-state index in [1.165, 1.54) is 17.0 Å². The first-order valence-corrected chi connectivity index (χ1v) is 14.9. The second-order valence-electron chi connectivity index (χ2n) is 8.96. The van der Waals surface area contributed by atoms with Gasteiger partial charge in [0.05, 0.1) is 10.6 Å². The maximum absolute atomic E-state index is 14.0. The fourth-order valence-corrected chi connectivity index (χ4v) is 5.81. The summed E-state index contributed by atoms with van der Waals surface area (Å²) in [4.78, 5) is 28.7. The van der Waals surface area contributed by atoms with Crippen LogP contribution < -0.4 is 9.62 Å². The molecule has 1 N–H and O–H groups in total. The molecular formula is C29H34BrN3O4S. The van der Waals surface area contributed by atoms with Crippen LogP contribution in [0.25, 0.3) is 0 Å². The molecule has 0 aliphatic carbocycles. The van der Waals surface area contributed by atoms with Gasteiger partial charge in [0.15, 0.2) is 0 Å². The van der Waals surface area contributed by atoms with Crippen LogP contribution in [-0.2, 0) is 26.2 Å². The quantitative estimate of drug-likeness (QED) is 0.306. The molecule has 1 atom stereocenters. The van der Waals surface area contributed by atoms with E-state index in [1.807, 2.05) is 45.0 Å². The highest BCUT2D eigenvalue weighted by Crippen LogP contribution is 2.26. The van der Waals surface area contributed by atoms with Gasteiger partial charge in [-0.25, -0.2) is 8.42 Å². The number of benzene rings is 3. The zero-order chi connectivity index (χ0) is 27.7. The SMILES string of the molecule is CCCNC(=O)[C@H](CC)N(Cc1ccccc1C)C(=O)CN(c1ccc(Br)cc1)S(=O)(=O)c1ccccc1. The molecule has 0 aliphatic heterocycles. The van der Waals surface area contributed by atoms with Crippen LogP contribution in [0.5, 0.6) is 0 Å². The minimum Gasteiger partial charge on any atom is -0.354 e. The lowest BCUT2D eigenvalue weighted by Gasteiger charge is -2.33. The molecule has 0 aromatic heterocycles. The summed E-state index contributed by atoms with van der Waals surface area (Å²) in [6, 6.07) is 21.7. The van der Waals surface area contributed by atoms with Crippen molar-refractivity contribution in [3.63, 3.8) is 0 Å². The summed E-state index contributed by atoms with van der Waals surface area (Å²) in [7, 11) is -4.07. The fourth-order valence-electron chi connectivity index (χ4n) is 4.11. The van der Waals surface area contributed by atoms with Gasteiger partial charge in [-0.3, -0.25) is 13.9 Å². The van der Waals surface area contributed by atoms with Gasteiger partial charge >= 0.3 is 0 Å². The Hall–Kier alpha value is -3.17. The van der Waals surface area contributed by atoms with Crippen molar-refractivity contribution in [2.24, 2.45) is 0 Å². The molecule has 3 aromatic rings. The van der Waals surface area contributed by atoms with Crippen molar-refractivity contribution in [1.29, 1.82) is 0 Å². The van der Waals surface area contributed by atoms with Crippen LogP contribution in [0.3, 0.4) is 0 Å². The van der Waals surface area contributed by atoms with E-state index < -0.39 is 28.5 Å². The van der Waals surface area contributed by atoms with Crippen LogP contribution in [0.2, 0.25) is 0 Å². The molecule has 7 nitrogen and oxygen atoms in total. The number of rotatable bonds is 12. The zero-order valence-corrected chi connectivity index (χ0v) is 24.3. The number of anilines is 1. The normalized spacial score (nSPS) is 12.0. The number of carbonyl (C=O) groups is 2. The summed E-state index contributed by atoms with van der Waals surface area (Å²) in [6.07, 6.45) is 1.15. The first-order chi connectivity index (χ1) is 18.2. The smallest absolute Gasteiger partial charge is 0.264 e. The molecule has 0 bridgehead atoms. The van der Waals surface area contributed by atoms with Gasteiger partial charge in [-0.1, -0.05) is 72.2 Å². The van der Waals surface area contributed by atoms with Crippen LogP contribution in [0, 0.1) is 6.92 Å². The second kappa shape index (κ2) is 13.6. The third-order valence-corrected chi connectivity index (χ3v) is 8.58. The van der Waals surface area contributed by atoms with Crippen LogP contribution in [0.1, 0.15) is 37.8 Å². The van der Waals surface area contributed by atoms with Crippen LogP contribution in [-0.4, -0.2) is 44.3 Å². The Morgan fingerprint density at radius 3 is 2.16 bits per heavy atom. The Bertz CT molecular complexity index is 1330. The lowest BCUT2D eigenvalue weighted by Crippen LogP contribution is -2.52. The number of sulfonamides is 1. The van der Waals surface area contributed by atoms with E-state index in [9.17, 15) is 18.0 Å². The lowest BCUT2D eigenvalue weighted by molar-refractivity contribution is -0.140. The van der Waals surface area contributed by atoms with Crippen LogP contribution >= 0.6 is 15.9 Å². The number of carbonyl (C=O) groups excluding carboxylic acids is 2. The summed E-state index contributed by atoms with van der Waals surface area (Å²) in [5, 5.41) is 2.90. The van der Waals surface area contributed by atoms with Gasteiger partial charge in [0.1, 0.15) is 12.6 Å². The summed E-state index contributed by atoms with van der Waals surface area (Å²) in [6.45, 7) is 5.98. The minimum absolute atomic E-state index is 0.0777. The maximum Gasteiger partial charge on any atom is 0.264 e. The molecule has 0 saturated heterocycles. The molecular weight excluding hydrogens is 566 g/mol. The molecule has 38 heavy (non-hydrogen) atoms. The average molecular weight is 601 g/mol. The van der Waals surface area contributed by atoms with Crippen molar-refractivity contribution in [2.45, 2.75) is 51.1 Å². The molecule has 3 rings (SSSR count). The van der Waals surface area contributed by atoms with Crippen molar-refractivity contribution in [3.05, 3.63) is 94.5 Å². The van der Waals surface area contributed by atoms with E-state index in [2.05, 4.69) is 21.2 Å². The molecule has 0 radical (unpaired) electrons. The average Bonchev–Trinajstić information content (AvgIpc) is 2.92. The third kappa shape index (κ3) is 7.23. The van der Waals surface area contributed by atoms with Crippen LogP contribution in [0.15, 0.2) is 88.2 Å². The Labute approximate surface area is 234 Å². The monoisotopic (exact) mass is 599 g/mol. The van der Waals surface area contributed by atoms with Crippen molar-refractivity contribution in [1.82, 2.24) is 10.2 Å².